The molecular formula is C18H19FN2O4. The van der Waals surface area contributed by atoms with Crippen LogP contribution in [-0.2, 0) is 4.79 Å². The predicted molar refractivity (Wildman–Crippen MR) is 90.9 cm³/mol. The van der Waals surface area contributed by atoms with Gasteiger partial charge in [-0.05, 0) is 50.1 Å². The fraction of sp³-hybridized carbons (Fsp3) is 0.278. The summed E-state index contributed by atoms with van der Waals surface area (Å²) in [6, 6.07) is 9.97. The van der Waals surface area contributed by atoms with Crippen LogP contribution in [0.2, 0.25) is 0 Å². The van der Waals surface area contributed by atoms with Crippen molar-refractivity contribution >= 4 is 11.6 Å². The molecule has 0 aliphatic rings. The third kappa shape index (κ3) is 4.76. The first-order valence-electron chi connectivity index (χ1n) is 7.75. The van der Waals surface area contributed by atoms with Crippen molar-refractivity contribution in [2.75, 3.05) is 0 Å². The minimum absolute atomic E-state index is 0.0349. The van der Waals surface area contributed by atoms with Crippen LogP contribution in [0.4, 0.5) is 10.1 Å². The summed E-state index contributed by atoms with van der Waals surface area (Å²) >= 11 is 0. The molecule has 0 unspecified atom stereocenters. The van der Waals surface area contributed by atoms with Gasteiger partial charge in [0.25, 0.3) is 5.91 Å². The van der Waals surface area contributed by atoms with Gasteiger partial charge >= 0.3 is 5.69 Å². The Morgan fingerprint density at radius 1 is 1.20 bits per heavy atom. The van der Waals surface area contributed by atoms with E-state index in [-0.39, 0.29) is 23.3 Å². The van der Waals surface area contributed by atoms with Gasteiger partial charge < -0.3 is 10.1 Å². The van der Waals surface area contributed by atoms with Gasteiger partial charge in [0.15, 0.2) is 11.9 Å². The number of rotatable bonds is 6. The molecule has 0 saturated heterocycles. The molecule has 0 heterocycles. The van der Waals surface area contributed by atoms with Gasteiger partial charge in [0.2, 0.25) is 0 Å². The Labute approximate surface area is 144 Å². The first-order chi connectivity index (χ1) is 11.8. The molecular weight excluding hydrogens is 327 g/mol. The molecule has 0 bridgehead atoms. The maximum atomic E-state index is 13.0. The number of aryl methyl sites for hydroxylation is 1. The van der Waals surface area contributed by atoms with Gasteiger partial charge in [-0.2, -0.15) is 0 Å². The van der Waals surface area contributed by atoms with Crippen LogP contribution >= 0.6 is 0 Å². The summed E-state index contributed by atoms with van der Waals surface area (Å²) in [6.07, 6.45) is -0.927. The number of halogens is 1. The number of carbonyl (C=O) groups excluding carboxylic acids is 1. The lowest BCUT2D eigenvalue weighted by molar-refractivity contribution is -0.386. The highest BCUT2D eigenvalue weighted by Gasteiger charge is 2.22. The number of ether oxygens (including phenoxy) is 1. The predicted octanol–water partition coefficient (Wildman–Crippen LogP) is 3.69. The van der Waals surface area contributed by atoms with Crippen LogP contribution in [0.5, 0.6) is 5.75 Å². The number of nitrogens with zero attached hydrogens (tertiary/aromatic N) is 1. The van der Waals surface area contributed by atoms with E-state index < -0.39 is 16.9 Å². The van der Waals surface area contributed by atoms with E-state index in [0.717, 1.165) is 11.1 Å². The Kier molecular flexibility index (Phi) is 5.69. The quantitative estimate of drug-likeness (QED) is 0.639. The zero-order valence-corrected chi connectivity index (χ0v) is 14.2. The maximum absolute atomic E-state index is 13.0. The molecule has 1 amide bonds. The van der Waals surface area contributed by atoms with Crippen molar-refractivity contribution in [1.82, 2.24) is 5.32 Å². The summed E-state index contributed by atoms with van der Waals surface area (Å²) in [6.45, 7) is 5.00. The number of hydrogen-bond acceptors (Lipinski definition) is 4. The van der Waals surface area contributed by atoms with Crippen LogP contribution in [0.15, 0.2) is 42.5 Å². The van der Waals surface area contributed by atoms with Crippen molar-refractivity contribution in [3.8, 4) is 5.75 Å². The summed E-state index contributed by atoms with van der Waals surface area (Å²) in [7, 11) is 0. The average Bonchev–Trinajstić information content (AvgIpc) is 2.56. The molecule has 0 radical (unpaired) electrons. The highest BCUT2D eigenvalue weighted by atomic mass is 19.1. The van der Waals surface area contributed by atoms with Crippen molar-refractivity contribution in [3.63, 3.8) is 0 Å². The summed E-state index contributed by atoms with van der Waals surface area (Å²) in [4.78, 5) is 22.8. The number of nitro groups is 1. The first kappa shape index (κ1) is 18.4. The largest absolute Gasteiger partial charge is 0.474 e. The molecule has 7 heteroatoms. The highest BCUT2D eigenvalue weighted by Crippen LogP contribution is 2.28. The fourth-order valence-electron chi connectivity index (χ4n) is 2.28. The van der Waals surface area contributed by atoms with E-state index >= 15 is 0 Å². The molecule has 0 aliphatic carbocycles. The monoisotopic (exact) mass is 346 g/mol. The molecule has 2 aromatic carbocycles. The molecule has 2 aromatic rings. The maximum Gasteiger partial charge on any atom is 0.311 e. The topological polar surface area (TPSA) is 81.5 Å². The number of benzene rings is 2. The first-order valence-corrected chi connectivity index (χ1v) is 7.75. The molecule has 0 spiro atoms. The number of nitro benzene ring substituents is 1. The summed E-state index contributed by atoms with van der Waals surface area (Å²) in [5.41, 5.74) is 1.27. The van der Waals surface area contributed by atoms with Gasteiger partial charge in [0.05, 0.1) is 11.0 Å². The third-order valence-corrected chi connectivity index (χ3v) is 3.71. The number of nitrogens with one attached hydrogen (secondary N) is 1. The lowest BCUT2D eigenvalue weighted by Crippen LogP contribution is -2.37. The highest BCUT2D eigenvalue weighted by molar-refractivity contribution is 5.81. The van der Waals surface area contributed by atoms with Crippen LogP contribution in [0, 0.1) is 22.9 Å². The van der Waals surface area contributed by atoms with E-state index in [1.165, 1.54) is 31.2 Å². The van der Waals surface area contributed by atoms with Crippen molar-refractivity contribution in [2.45, 2.75) is 32.9 Å². The second-order valence-electron chi connectivity index (χ2n) is 5.77. The van der Waals surface area contributed by atoms with Gasteiger partial charge in [0.1, 0.15) is 5.82 Å². The Hall–Kier alpha value is -2.96. The van der Waals surface area contributed by atoms with Gasteiger partial charge in [-0.3, -0.25) is 14.9 Å². The van der Waals surface area contributed by atoms with Gasteiger partial charge in [-0.15, -0.1) is 0 Å². The minimum atomic E-state index is -0.927. The van der Waals surface area contributed by atoms with E-state index in [4.69, 9.17) is 4.74 Å². The molecule has 25 heavy (non-hydrogen) atoms. The molecule has 2 rings (SSSR count). The zero-order chi connectivity index (χ0) is 18.6. The van der Waals surface area contributed by atoms with Crippen molar-refractivity contribution in [3.05, 3.63) is 69.5 Å². The van der Waals surface area contributed by atoms with Crippen molar-refractivity contribution in [2.24, 2.45) is 0 Å². The van der Waals surface area contributed by atoms with Crippen LogP contribution in [0.25, 0.3) is 0 Å². The van der Waals surface area contributed by atoms with Gasteiger partial charge in [-0.25, -0.2) is 4.39 Å². The zero-order valence-electron chi connectivity index (χ0n) is 14.2. The molecule has 0 aromatic heterocycles. The van der Waals surface area contributed by atoms with E-state index in [1.807, 2.05) is 0 Å². The van der Waals surface area contributed by atoms with E-state index in [1.54, 1.807) is 32.0 Å². The molecule has 0 fully saturated rings. The third-order valence-electron chi connectivity index (χ3n) is 3.71. The molecule has 1 N–H and O–H groups in total. The van der Waals surface area contributed by atoms with E-state index in [2.05, 4.69) is 5.32 Å². The lowest BCUT2D eigenvalue weighted by atomic mass is 10.1. The van der Waals surface area contributed by atoms with Crippen LogP contribution in [-0.4, -0.2) is 16.9 Å². The molecule has 6 nitrogen and oxygen atoms in total. The van der Waals surface area contributed by atoms with Gasteiger partial charge in [-0.1, -0.05) is 18.2 Å². The number of amides is 1. The van der Waals surface area contributed by atoms with Crippen molar-refractivity contribution < 1.29 is 18.8 Å². The molecule has 0 aliphatic heterocycles. The fourth-order valence-corrected chi connectivity index (χ4v) is 2.28. The summed E-state index contributed by atoms with van der Waals surface area (Å²) in [5, 5.41) is 13.8. The smallest absolute Gasteiger partial charge is 0.311 e. The SMILES string of the molecule is Cc1ccc(O[C@H](C)C(=O)N[C@@H](C)c2ccc(F)cc2)c([N+](=O)[O-])c1. The van der Waals surface area contributed by atoms with Crippen LogP contribution < -0.4 is 10.1 Å². The Morgan fingerprint density at radius 2 is 1.84 bits per heavy atom. The minimum Gasteiger partial charge on any atom is -0.474 e. The average molecular weight is 346 g/mol. The Balaban J connectivity index is 2.05. The molecule has 0 saturated carbocycles. The normalized spacial score (nSPS) is 13.0. The van der Waals surface area contributed by atoms with Gasteiger partial charge in [0, 0.05) is 6.07 Å². The number of hydrogen-bond donors (Lipinski definition) is 1. The van der Waals surface area contributed by atoms with Crippen LogP contribution in [0.1, 0.15) is 31.0 Å². The number of carbonyl (C=O) groups is 1. The Bertz CT molecular complexity index is 777. The standard InChI is InChI=1S/C18H19FN2O4/c1-11-4-9-17(16(10-11)21(23)24)25-13(3)18(22)20-12(2)14-5-7-15(19)8-6-14/h4-10,12-13H,1-3H3,(H,20,22)/t12-,13+/m0/s1. The second-order valence-corrected chi connectivity index (χ2v) is 5.77. The second kappa shape index (κ2) is 7.74. The molecule has 2 atom stereocenters. The Morgan fingerprint density at radius 3 is 2.44 bits per heavy atom. The molecule has 132 valence electrons. The lowest BCUT2D eigenvalue weighted by Gasteiger charge is -2.19. The van der Waals surface area contributed by atoms with E-state index in [9.17, 15) is 19.3 Å². The van der Waals surface area contributed by atoms with E-state index in [0.29, 0.717) is 0 Å². The summed E-state index contributed by atoms with van der Waals surface area (Å²) in [5.74, 6) is -0.745. The van der Waals surface area contributed by atoms with Crippen LogP contribution in [0.3, 0.4) is 0 Å². The summed E-state index contributed by atoms with van der Waals surface area (Å²) < 4.78 is 18.4. The van der Waals surface area contributed by atoms with Crippen molar-refractivity contribution in [1.29, 1.82) is 0 Å².